The second-order valence-electron chi connectivity index (χ2n) is 3.91. The van der Waals surface area contributed by atoms with Crippen molar-refractivity contribution < 1.29 is 4.79 Å². The third-order valence-electron chi connectivity index (χ3n) is 1.87. The molecular formula is C11H22N2O. The van der Waals surface area contributed by atoms with Crippen LogP contribution in [0.5, 0.6) is 0 Å². The Morgan fingerprint density at radius 3 is 2.50 bits per heavy atom. The summed E-state index contributed by atoms with van der Waals surface area (Å²) in [7, 11) is 0. The topological polar surface area (TPSA) is 41.1 Å². The number of hydrogen-bond acceptors (Lipinski definition) is 2. The molecule has 0 aromatic rings. The van der Waals surface area contributed by atoms with E-state index in [1.807, 2.05) is 0 Å². The molecule has 1 amide bonds. The van der Waals surface area contributed by atoms with E-state index in [-0.39, 0.29) is 5.91 Å². The first kappa shape index (κ1) is 13.2. The van der Waals surface area contributed by atoms with E-state index in [0.717, 1.165) is 25.1 Å². The van der Waals surface area contributed by atoms with Gasteiger partial charge in [-0.2, -0.15) is 0 Å². The van der Waals surface area contributed by atoms with Gasteiger partial charge in [-0.25, -0.2) is 0 Å². The number of amides is 1. The lowest BCUT2D eigenvalue weighted by atomic mass is 10.2. The monoisotopic (exact) mass is 198 g/mol. The second-order valence-corrected chi connectivity index (χ2v) is 3.91. The maximum Gasteiger partial charge on any atom is 0.233 e. The zero-order chi connectivity index (χ0) is 11.0. The molecular weight excluding hydrogens is 176 g/mol. The lowest BCUT2D eigenvalue weighted by Crippen LogP contribution is -2.36. The van der Waals surface area contributed by atoms with Crippen molar-refractivity contribution in [1.29, 1.82) is 0 Å². The van der Waals surface area contributed by atoms with Crippen LogP contribution < -0.4 is 10.6 Å². The lowest BCUT2D eigenvalue weighted by Gasteiger charge is -2.08. The summed E-state index contributed by atoms with van der Waals surface area (Å²) in [6, 6.07) is 0. The summed E-state index contributed by atoms with van der Waals surface area (Å²) in [6.07, 6.45) is 0.959. The van der Waals surface area contributed by atoms with Gasteiger partial charge in [-0.05, 0) is 12.3 Å². The highest BCUT2D eigenvalue weighted by Crippen LogP contribution is 1.92. The SMILES string of the molecule is C=C(CC)CNCC(=O)NCC(C)C. The number of carbonyl (C=O) groups is 1. The summed E-state index contributed by atoms with van der Waals surface area (Å²) < 4.78 is 0. The second kappa shape index (κ2) is 7.56. The van der Waals surface area contributed by atoms with Crippen LogP contribution in [0.4, 0.5) is 0 Å². The molecule has 0 aliphatic carbocycles. The average Bonchev–Trinajstić information content (AvgIpc) is 2.14. The fourth-order valence-electron chi connectivity index (χ4n) is 0.858. The van der Waals surface area contributed by atoms with Crippen LogP contribution in [0.2, 0.25) is 0 Å². The molecule has 2 N–H and O–H groups in total. The molecule has 0 bridgehead atoms. The Balaban J connectivity index is 3.40. The van der Waals surface area contributed by atoms with Crippen molar-refractivity contribution in [2.24, 2.45) is 5.92 Å². The molecule has 0 rings (SSSR count). The third kappa shape index (κ3) is 7.80. The predicted octanol–water partition coefficient (Wildman–Crippen LogP) is 1.31. The largest absolute Gasteiger partial charge is 0.355 e. The molecule has 14 heavy (non-hydrogen) atoms. The quantitative estimate of drug-likeness (QED) is 0.606. The zero-order valence-corrected chi connectivity index (χ0v) is 9.52. The third-order valence-corrected chi connectivity index (χ3v) is 1.87. The maximum atomic E-state index is 11.2. The van der Waals surface area contributed by atoms with Gasteiger partial charge in [-0.3, -0.25) is 4.79 Å². The lowest BCUT2D eigenvalue weighted by molar-refractivity contribution is -0.120. The van der Waals surface area contributed by atoms with Gasteiger partial charge in [0.2, 0.25) is 5.91 Å². The Kier molecular flexibility index (Phi) is 7.11. The van der Waals surface area contributed by atoms with Gasteiger partial charge >= 0.3 is 0 Å². The molecule has 0 aliphatic heterocycles. The molecule has 0 aliphatic rings. The van der Waals surface area contributed by atoms with Gasteiger partial charge in [0.05, 0.1) is 6.54 Å². The summed E-state index contributed by atoms with van der Waals surface area (Å²) in [5.74, 6) is 0.562. The van der Waals surface area contributed by atoms with Gasteiger partial charge in [0.15, 0.2) is 0 Å². The van der Waals surface area contributed by atoms with Crippen molar-refractivity contribution in [3.05, 3.63) is 12.2 Å². The fourth-order valence-corrected chi connectivity index (χ4v) is 0.858. The first-order chi connectivity index (χ1) is 6.56. The molecule has 0 fully saturated rings. The van der Waals surface area contributed by atoms with Crippen LogP contribution in [-0.2, 0) is 4.79 Å². The Labute approximate surface area is 87.0 Å². The Bertz CT molecular complexity index is 188. The molecule has 0 saturated heterocycles. The standard InChI is InChI=1S/C11H22N2O/c1-5-10(4)7-12-8-11(14)13-6-9(2)3/h9,12H,4-8H2,1-3H3,(H,13,14). The van der Waals surface area contributed by atoms with E-state index in [1.54, 1.807) is 0 Å². The van der Waals surface area contributed by atoms with E-state index in [1.165, 1.54) is 0 Å². The minimum atomic E-state index is 0.0580. The highest BCUT2D eigenvalue weighted by atomic mass is 16.1. The number of carbonyl (C=O) groups excluding carboxylic acids is 1. The van der Waals surface area contributed by atoms with Crippen LogP contribution in [0, 0.1) is 5.92 Å². The summed E-state index contributed by atoms with van der Waals surface area (Å²) in [5.41, 5.74) is 1.13. The molecule has 0 unspecified atom stereocenters. The number of hydrogen-bond donors (Lipinski definition) is 2. The minimum absolute atomic E-state index is 0.0580. The maximum absolute atomic E-state index is 11.2. The van der Waals surface area contributed by atoms with Crippen LogP contribution in [-0.4, -0.2) is 25.5 Å². The Morgan fingerprint density at radius 2 is 2.00 bits per heavy atom. The van der Waals surface area contributed by atoms with Crippen molar-refractivity contribution in [1.82, 2.24) is 10.6 Å². The van der Waals surface area contributed by atoms with E-state index in [0.29, 0.717) is 12.5 Å². The van der Waals surface area contributed by atoms with Crippen molar-refractivity contribution in [2.45, 2.75) is 27.2 Å². The van der Waals surface area contributed by atoms with Crippen molar-refractivity contribution in [3.8, 4) is 0 Å². The normalized spacial score (nSPS) is 10.3. The highest BCUT2D eigenvalue weighted by molar-refractivity contribution is 5.77. The molecule has 0 aromatic carbocycles. The molecule has 3 nitrogen and oxygen atoms in total. The van der Waals surface area contributed by atoms with E-state index in [4.69, 9.17) is 0 Å². The summed E-state index contributed by atoms with van der Waals surface area (Å²) in [5, 5.41) is 5.89. The summed E-state index contributed by atoms with van der Waals surface area (Å²) >= 11 is 0. The molecule has 0 heterocycles. The predicted molar refractivity (Wildman–Crippen MR) is 60.1 cm³/mol. The Hall–Kier alpha value is -0.830. The van der Waals surface area contributed by atoms with Gasteiger partial charge < -0.3 is 10.6 Å². The average molecular weight is 198 g/mol. The minimum Gasteiger partial charge on any atom is -0.355 e. The van der Waals surface area contributed by atoms with Gasteiger partial charge in [-0.15, -0.1) is 0 Å². The molecule has 0 saturated carbocycles. The smallest absolute Gasteiger partial charge is 0.233 e. The van der Waals surface area contributed by atoms with Crippen LogP contribution >= 0.6 is 0 Å². The molecule has 82 valence electrons. The molecule has 0 spiro atoms. The number of rotatable bonds is 7. The van der Waals surface area contributed by atoms with Crippen molar-refractivity contribution >= 4 is 5.91 Å². The van der Waals surface area contributed by atoms with Gasteiger partial charge in [0, 0.05) is 13.1 Å². The fraction of sp³-hybridized carbons (Fsp3) is 0.727. The molecule has 0 radical (unpaired) electrons. The number of nitrogens with one attached hydrogen (secondary N) is 2. The van der Waals surface area contributed by atoms with Gasteiger partial charge in [-0.1, -0.05) is 32.9 Å². The zero-order valence-electron chi connectivity index (χ0n) is 9.52. The van der Waals surface area contributed by atoms with E-state index in [9.17, 15) is 4.79 Å². The van der Waals surface area contributed by atoms with Gasteiger partial charge in [0.1, 0.15) is 0 Å². The van der Waals surface area contributed by atoms with Crippen LogP contribution in [0.1, 0.15) is 27.2 Å². The van der Waals surface area contributed by atoms with Crippen LogP contribution in [0.25, 0.3) is 0 Å². The Morgan fingerprint density at radius 1 is 1.36 bits per heavy atom. The van der Waals surface area contributed by atoms with Crippen molar-refractivity contribution in [3.63, 3.8) is 0 Å². The van der Waals surface area contributed by atoms with Crippen LogP contribution in [0.3, 0.4) is 0 Å². The molecule has 0 aromatic heterocycles. The van der Waals surface area contributed by atoms with Crippen molar-refractivity contribution in [2.75, 3.05) is 19.6 Å². The summed E-state index contributed by atoms with van der Waals surface area (Å²) in [6.45, 7) is 11.9. The van der Waals surface area contributed by atoms with Crippen LogP contribution in [0.15, 0.2) is 12.2 Å². The molecule has 0 atom stereocenters. The highest BCUT2D eigenvalue weighted by Gasteiger charge is 2.01. The van der Waals surface area contributed by atoms with E-state index in [2.05, 4.69) is 38.0 Å². The van der Waals surface area contributed by atoms with E-state index >= 15 is 0 Å². The van der Waals surface area contributed by atoms with Gasteiger partial charge in [0.25, 0.3) is 0 Å². The molecule has 3 heteroatoms. The van der Waals surface area contributed by atoms with E-state index < -0.39 is 0 Å². The first-order valence-electron chi connectivity index (χ1n) is 5.20. The first-order valence-corrected chi connectivity index (χ1v) is 5.20. The summed E-state index contributed by atoms with van der Waals surface area (Å²) in [4.78, 5) is 11.2.